The fraction of sp³-hybridized carbons (Fsp3) is 0.263. The van der Waals surface area contributed by atoms with Gasteiger partial charge in [-0.2, -0.15) is 0 Å². The lowest BCUT2D eigenvalue weighted by atomic mass is 10.2. The Morgan fingerprint density at radius 2 is 2.08 bits per heavy atom. The summed E-state index contributed by atoms with van der Waals surface area (Å²) >= 11 is 7.49. The highest BCUT2D eigenvalue weighted by molar-refractivity contribution is 8.00. The number of thioether (sulfide) groups is 1. The Bertz CT molecular complexity index is 845. The lowest BCUT2D eigenvalue weighted by molar-refractivity contribution is -0.121. The zero-order valence-corrected chi connectivity index (χ0v) is 15.6. The zero-order valence-electron chi connectivity index (χ0n) is 14.1. The van der Waals surface area contributed by atoms with E-state index in [1.165, 1.54) is 12.1 Å². The number of carbonyl (C=O) groups excluding carboxylic acids is 2. The summed E-state index contributed by atoms with van der Waals surface area (Å²) in [5.74, 6) is -2.00. The van der Waals surface area contributed by atoms with Gasteiger partial charge in [-0.3, -0.25) is 4.79 Å². The lowest BCUT2D eigenvalue weighted by Crippen LogP contribution is -2.35. The average molecular weight is 394 g/mol. The summed E-state index contributed by atoms with van der Waals surface area (Å²) in [6.07, 6.45) is 0.821. The molecule has 0 fully saturated rings. The molecule has 2 aromatic rings. The number of hydrogen-bond donors (Lipinski definition) is 0. The third-order valence-corrected chi connectivity index (χ3v) is 5.49. The normalized spacial score (nSPS) is 16.6. The van der Waals surface area contributed by atoms with Crippen LogP contribution in [0, 0.1) is 5.82 Å². The molecule has 0 aliphatic carbocycles. The molecule has 0 bridgehead atoms. The van der Waals surface area contributed by atoms with Crippen molar-refractivity contribution in [2.45, 2.75) is 23.5 Å². The number of hydrogen-bond acceptors (Lipinski definition) is 4. The highest BCUT2D eigenvalue weighted by atomic mass is 35.5. The molecule has 136 valence electrons. The smallest absolute Gasteiger partial charge is 0.341 e. The third kappa shape index (κ3) is 4.19. The first-order valence-electron chi connectivity index (χ1n) is 8.14. The summed E-state index contributed by atoms with van der Waals surface area (Å²) in [6, 6.07) is 11.2. The highest BCUT2D eigenvalue weighted by Crippen LogP contribution is 2.37. The molecule has 1 aliphatic heterocycles. The van der Waals surface area contributed by atoms with E-state index in [4.69, 9.17) is 16.3 Å². The second-order valence-corrected chi connectivity index (χ2v) is 7.85. The molecule has 0 aromatic heterocycles. The van der Waals surface area contributed by atoms with E-state index in [0.29, 0.717) is 11.8 Å². The van der Waals surface area contributed by atoms with Crippen molar-refractivity contribution >= 4 is 40.9 Å². The fourth-order valence-corrected chi connectivity index (χ4v) is 3.97. The molecule has 0 saturated heterocycles. The van der Waals surface area contributed by atoms with Crippen molar-refractivity contribution in [3.63, 3.8) is 0 Å². The maximum absolute atomic E-state index is 13.7. The number of rotatable bonds is 3. The van der Waals surface area contributed by atoms with Crippen LogP contribution in [0.25, 0.3) is 0 Å². The van der Waals surface area contributed by atoms with Gasteiger partial charge in [-0.1, -0.05) is 30.7 Å². The molecule has 0 spiro atoms. The molecule has 0 radical (unpaired) electrons. The van der Waals surface area contributed by atoms with Crippen LogP contribution in [0.1, 0.15) is 23.7 Å². The Morgan fingerprint density at radius 3 is 2.88 bits per heavy atom. The average Bonchev–Trinajstić information content (AvgIpc) is 2.79. The van der Waals surface area contributed by atoms with E-state index in [1.54, 1.807) is 16.7 Å². The number of nitrogens with zero attached hydrogens (tertiary/aromatic N) is 1. The van der Waals surface area contributed by atoms with E-state index < -0.39 is 18.4 Å². The van der Waals surface area contributed by atoms with Gasteiger partial charge in [-0.05, 0) is 36.8 Å². The third-order valence-electron chi connectivity index (χ3n) is 4.02. The number of anilines is 1. The Hall–Kier alpha value is -2.05. The number of para-hydroxylation sites is 1. The minimum Gasteiger partial charge on any atom is -0.452 e. The van der Waals surface area contributed by atoms with E-state index >= 15 is 0 Å². The van der Waals surface area contributed by atoms with Gasteiger partial charge in [0.1, 0.15) is 5.82 Å². The van der Waals surface area contributed by atoms with E-state index in [1.807, 2.05) is 24.3 Å². The molecule has 7 heteroatoms. The number of fused-ring (bicyclic) bond motifs is 1. The highest BCUT2D eigenvalue weighted by Gasteiger charge is 2.25. The van der Waals surface area contributed by atoms with Crippen LogP contribution in [0.4, 0.5) is 10.1 Å². The van der Waals surface area contributed by atoms with Crippen molar-refractivity contribution in [2.24, 2.45) is 0 Å². The molecule has 1 atom stereocenters. The number of benzene rings is 2. The summed E-state index contributed by atoms with van der Waals surface area (Å²) < 4.78 is 18.8. The van der Waals surface area contributed by atoms with Crippen molar-refractivity contribution in [2.75, 3.05) is 18.1 Å². The molecular weight excluding hydrogens is 377 g/mol. The Morgan fingerprint density at radius 1 is 1.31 bits per heavy atom. The standard InChI is InChI=1S/C19H17ClFNO3S/c1-12-8-9-22(16-4-2-3-5-17(16)26-12)18(23)11-25-19(24)14-10-13(20)6-7-15(14)21/h2-7,10,12H,8-9,11H2,1H3. The number of ether oxygens (including phenoxy) is 1. The maximum atomic E-state index is 13.7. The van der Waals surface area contributed by atoms with Gasteiger partial charge in [-0.25, -0.2) is 9.18 Å². The van der Waals surface area contributed by atoms with E-state index in [9.17, 15) is 14.0 Å². The second kappa shape index (κ2) is 8.10. The van der Waals surface area contributed by atoms with Gasteiger partial charge in [0.2, 0.25) is 0 Å². The quantitative estimate of drug-likeness (QED) is 0.717. The number of esters is 1. The topological polar surface area (TPSA) is 46.6 Å². The molecule has 26 heavy (non-hydrogen) atoms. The first kappa shape index (κ1) is 18.7. The van der Waals surface area contributed by atoms with Gasteiger partial charge in [0.15, 0.2) is 6.61 Å². The van der Waals surface area contributed by atoms with Gasteiger partial charge < -0.3 is 9.64 Å². The predicted octanol–water partition coefficient (Wildman–Crippen LogP) is 4.55. The molecule has 1 amide bonds. The summed E-state index contributed by atoms with van der Waals surface area (Å²) in [4.78, 5) is 27.3. The molecule has 1 unspecified atom stereocenters. The SMILES string of the molecule is CC1CCN(C(=O)COC(=O)c2cc(Cl)ccc2F)c2ccccc2S1. The largest absolute Gasteiger partial charge is 0.452 e. The fourth-order valence-electron chi connectivity index (χ4n) is 2.68. The summed E-state index contributed by atoms with van der Waals surface area (Å²) in [6.45, 7) is 2.18. The van der Waals surface area contributed by atoms with Gasteiger partial charge in [-0.15, -0.1) is 11.8 Å². The molecule has 2 aromatic carbocycles. The molecule has 1 aliphatic rings. The summed E-state index contributed by atoms with van der Waals surface area (Å²) in [5, 5.41) is 0.592. The van der Waals surface area contributed by atoms with Crippen molar-refractivity contribution in [3.8, 4) is 0 Å². The molecule has 3 rings (SSSR count). The van der Waals surface area contributed by atoms with E-state index in [2.05, 4.69) is 6.92 Å². The number of halogens is 2. The first-order valence-corrected chi connectivity index (χ1v) is 9.39. The van der Waals surface area contributed by atoms with Crippen molar-refractivity contribution in [1.82, 2.24) is 0 Å². The summed E-state index contributed by atoms with van der Waals surface area (Å²) in [5.41, 5.74) is 0.516. The van der Waals surface area contributed by atoms with Gasteiger partial charge in [0.05, 0.1) is 11.3 Å². The minimum atomic E-state index is -0.913. The van der Waals surface area contributed by atoms with Crippen LogP contribution in [0.5, 0.6) is 0 Å². The van der Waals surface area contributed by atoms with Crippen molar-refractivity contribution < 1.29 is 18.7 Å². The molecule has 4 nitrogen and oxygen atoms in total. The Labute approximate surface area is 160 Å². The van der Waals surface area contributed by atoms with Crippen LogP contribution in [0.3, 0.4) is 0 Å². The molecule has 1 heterocycles. The maximum Gasteiger partial charge on any atom is 0.341 e. The van der Waals surface area contributed by atoms with Gasteiger partial charge in [0, 0.05) is 21.7 Å². The molecule has 0 saturated carbocycles. The summed E-state index contributed by atoms with van der Waals surface area (Å²) in [7, 11) is 0. The van der Waals surface area contributed by atoms with Crippen LogP contribution in [0.2, 0.25) is 5.02 Å². The number of carbonyl (C=O) groups is 2. The van der Waals surface area contributed by atoms with Crippen molar-refractivity contribution in [3.05, 3.63) is 58.9 Å². The lowest BCUT2D eigenvalue weighted by Gasteiger charge is -2.22. The van der Waals surface area contributed by atoms with Crippen LogP contribution >= 0.6 is 23.4 Å². The van der Waals surface area contributed by atoms with Crippen LogP contribution in [-0.2, 0) is 9.53 Å². The van der Waals surface area contributed by atoms with E-state index in [0.717, 1.165) is 23.1 Å². The predicted molar refractivity (Wildman–Crippen MR) is 100 cm³/mol. The Balaban J connectivity index is 1.72. The van der Waals surface area contributed by atoms with Crippen molar-refractivity contribution in [1.29, 1.82) is 0 Å². The van der Waals surface area contributed by atoms with Crippen LogP contribution in [0.15, 0.2) is 47.4 Å². The molecule has 0 N–H and O–H groups in total. The van der Waals surface area contributed by atoms with Gasteiger partial charge in [0.25, 0.3) is 5.91 Å². The monoisotopic (exact) mass is 393 g/mol. The Kier molecular flexibility index (Phi) is 5.84. The minimum absolute atomic E-state index is 0.220. The van der Waals surface area contributed by atoms with Crippen LogP contribution < -0.4 is 4.90 Å². The molecular formula is C19H17ClFNO3S. The van der Waals surface area contributed by atoms with Gasteiger partial charge >= 0.3 is 5.97 Å². The first-order chi connectivity index (χ1) is 12.5. The number of amides is 1. The second-order valence-electron chi connectivity index (χ2n) is 5.93. The van der Waals surface area contributed by atoms with Crippen LogP contribution in [-0.4, -0.2) is 30.3 Å². The van der Waals surface area contributed by atoms with E-state index in [-0.39, 0.29) is 16.5 Å². The zero-order chi connectivity index (χ0) is 18.7.